The van der Waals surface area contributed by atoms with Crippen molar-refractivity contribution in [2.75, 3.05) is 6.61 Å². The zero-order valence-corrected chi connectivity index (χ0v) is 14.4. The fourth-order valence-electron chi connectivity index (χ4n) is 2.68. The van der Waals surface area contributed by atoms with E-state index in [1.807, 2.05) is 51.1 Å². The molecule has 0 radical (unpaired) electrons. The molecule has 2 rings (SSSR count). The van der Waals surface area contributed by atoms with Crippen LogP contribution in [0.3, 0.4) is 0 Å². The number of benzene rings is 1. The molecule has 1 aliphatic rings. The molecule has 0 aliphatic carbocycles. The monoisotopic (exact) mass is 333 g/mol. The van der Waals surface area contributed by atoms with Crippen LogP contribution in [0.15, 0.2) is 30.3 Å². The summed E-state index contributed by atoms with van der Waals surface area (Å²) in [6.07, 6.45) is -1.41. The van der Waals surface area contributed by atoms with E-state index in [2.05, 4.69) is 0 Å². The summed E-state index contributed by atoms with van der Waals surface area (Å²) in [7, 11) is 0. The van der Waals surface area contributed by atoms with Gasteiger partial charge in [0.15, 0.2) is 6.10 Å². The molecule has 0 bridgehead atoms. The molecule has 0 saturated carbocycles. The SMILES string of the molecule is CC(=O)OC(CC(C)(C)C)C(=O)N1C(=O)OC[C@@H]1c1ccccc1. The predicted molar refractivity (Wildman–Crippen MR) is 87.0 cm³/mol. The van der Waals surface area contributed by atoms with Gasteiger partial charge in [-0.15, -0.1) is 0 Å². The number of rotatable bonds is 4. The molecule has 24 heavy (non-hydrogen) atoms. The number of imide groups is 1. The fourth-order valence-corrected chi connectivity index (χ4v) is 2.68. The number of carbonyl (C=O) groups is 3. The van der Waals surface area contributed by atoms with E-state index in [1.54, 1.807) is 0 Å². The summed E-state index contributed by atoms with van der Waals surface area (Å²) in [5.74, 6) is -1.10. The molecule has 1 aromatic rings. The molecule has 0 spiro atoms. The summed E-state index contributed by atoms with van der Waals surface area (Å²) in [4.78, 5) is 37.4. The molecule has 6 heteroatoms. The summed E-state index contributed by atoms with van der Waals surface area (Å²) in [5.41, 5.74) is 0.552. The van der Waals surface area contributed by atoms with Gasteiger partial charge in [0.1, 0.15) is 12.6 Å². The van der Waals surface area contributed by atoms with E-state index < -0.39 is 30.1 Å². The minimum absolute atomic E-state index is 0.0941. The van der Waals surface area contributed by atoms with Gasteiger partial charge in [-0.1, -0.05) is 51.1 Å². The first-order chi connectivity index (χ1) is 11.2. The van der Waals surface area contributed by atoms with E-state index in [4.69, 9.17) is 9.47 Å². The van der Waals surface area contributed by atoms with E-state index in [9.17, 15) is 14.4 Å². The lowest BCUT2D eigenvalue weighted by Gasteiger charge is -2.28. The van der Waals surface area contributed by atoms with Gasteiger partial charge in [-0.2, -0.15) is 0 Å². The third-order valence-corrected chi connectivity index (χ3v) is 3.68. The van der Waals surface area contributed by atoms with Gasteiger partial charge in [0.2, 0.25) is 0 Å². The van der Waals surface area contributed by atoms with Gasteiger partial charge in [-0.05, 0) is 17.4 Å². The largest absolute Gasteiger partial charge is 0.452 e. The van der Waals surface area contributed by atoms with Crippen molar-refractivity contribution in [1.82, 2.24) is 4.90 Å². The molecular formula is C18H23NO5. The number of hydrogen-bond acceptors (Lipinski definition) is 5. The van der Waals surface area contributed by atoms with Crippen molar-refractivity contribution in [3.05, 3.63) is 35.9 Å². The average molecular weight is 333 g/mol. The highest BCUT2D eigenvalue weighted by Gasteiger charge is 2.43. The minimum Gasteiger partial charge on any atom is -0.452 e. The molecule has 2 atom stereocenters. The number of cyclic esters (lactones) is 1. The van der Waals surface area contributed by atoms with Crippen molar-refractivity contribution in [2.45, 2.75) is 46.3 Å². The van der Waals surface area contributed by atoms with Crippen LogP contribution in [-0.2, 0) is 19.1 Å². The molecule has 130 valence electrons. The summed E-state index contributed by atoms with van der Waals surface area (Å²) < 4.78 is 10.3. The molecule has 0 N–H and O–H groups in total. The first-order valence-electron chi connectivity index (χ1n) is 7.91. The smallest absolute Gasteiger partial charge is 0.417 e. The fraction of sp³-hybridized carbons (Fsp3) is 0.500. The van der Waals surface area contributed by atoms with E-state index in [0.29, 0.717) is 6.42 Å². The molecule has 1 heterocycles. The van der Waals surface area contributed by atoms with Gasteiger partial charge in [0.05, 0.1) is 0 Å². The predicted octanol–water partition coefficient (Wildman–Crippen LogP) is 3.07. The summed E-state index contributed by atoms with van der Waals surface area (Å²) in [6.45, 7) is 7.16. The highest BCUT2D eigenvalue weighted by atomic mass is 16.6. The third-order valence-electron chi connectivity index (χ3n) is 3.68. The van der Waals surface area contributed by atoms with E-state index in [-0.39, 0.29) is 12.0 Å². The zero-order valence-electron chi connectivity index (χ0n) is 14.4. The molecule has 2 amide bonds. The Kier molecular flexibility index (Phi) is 5.26. The first-order valence-corrected chi connectivity index (χ1v) is 7.91. The van der Waals surface area contributed by atoms with Crippen molar-refractivity contribution in [3.63, 3.8) is 0 Å². The van der Waals surface area contributed by atoms with Crippen LogP contribution in [0.2, 0.25) is 0 Å². The van der Waals surface area contributed by atoms with Crippen LogP contribution in [0.4, 0.5) is 4.79 Å². The highest BCUT2D eigenvalue weighted by Crippen LogP contribution is 2.31. The number of hydrogen-bond donors (Lipinski definition) is 0. The van der Waals surface area contributed by atoms with Gasteiger partial charge in [0.25, 0.3) is 5.91 Å². The number of nitrogens with zero attached hydrogens (tertiary/aromatic N) is 1. The molecular weight excluding hydrogens is 310 g/mol. The molecule has 1 unspecified atom stereocenters. The number of amides is 2. The van der Waals surface area contributed by atoms with Crippen LogP contribution in [0.25, 0.3) is 0 Å². The van der Waals surface area contributed by atoms with Gasteiger partial charge >= 0.3 is 12.1 Å². The summed E-state index contributed by atoms with van der Waals surface area (Å²) >= 11 is 0. The summed E-state index contributed by atoms with van der Waals surface area (Å²) in [6, 6.07) is 8.67. The molecule has 1 aliphatic heterocycles. The van der Waals surface area contributed by atoms with Gasteiger partial charge in [0, 0.05) is 6.92 Å². The summed E-state index contributed by atoms with van der Waals surface area (Å²) in [5, 5.41) is 0. The first kappa shape index (κ1) is 18.0. The van der Waals surface area contributed by atoms with Crippen molar-refractivity contribution in [3.8, 4) is 0 Å². The Morgan fingerprint density at radius 1 is 1.29 bits per heavy atom. The second-order valence-electron chi connectivity index (χ2n) is 7.07. The number of esters is 1. The molecule has 6 nitrogen and oxygen atoms in total. The Hall–Kier alpha value is -2.37. The highest BCUT2D eigenvalue weighted by molar-refractivity contribution is 5.96. The number of carbonyl (C=O) groups excluding carboxylic acids is 3. The van der Waals surface area contributed by atoms with Crippen LogP contribution >= 0.6 is 0 Å². The van der Waals surface area contributed by atoms with Crippen molar-refractivity contribution >= 4 is 18.0 Å². The third kappa shape index (κ3) is 4.34. The van der Waals surface area contributed by atoms with Crippen LogP contribution in [-0.4, -0.2) is 35.6 Å². The maximum Gasteiger partial charge on any atom is 0.417 e. The van der Waals surface area contributed by atoms with Crippen molar-refractivity contribution in [2.24, 2.45) is 5.41 Å². The molecule has 0 aromatic heterocycles. The molecule has 1 aromatic carbocycles. The quantitative estimate of drug-likeness (QED) is 0.792. The lowest BCUT2D eigenvalue weighted by atomic mass is 9.88. The minimum atomic E-state index is -1.01. The zero-order chi connectivity index (χ0) is 17.9. The Labute approximate surface area is 141 Å². The van der Waals surface area contributed by atoms with Crippen LogP contribution in [0.1, 0.15) is 45.7 Å². The lowest BCUT2D eigenvalue weighted by molar-refractivity contribution is -0.159. The Morgan fingerprint density at radius 3 is 2.46 bits per heavy atom. The van der Waals surface area contributed by atoms with Crippen molar-refractivity contribution in [1.29, 1.82) is 0 Å². The molecule has 1 fully saturated rings. The van der Waals surface area contributed by atoms with Gasteiger partial charge in [-0.25, -0.2) is 9.69 Å². The average Bonchev–Trinajstić information content (AvgIpc) is 2.86. The van der Waals surface area contributed by atoms with Crippen molar-refractivity contribution < 1.29 is 23.9 Å². The maximum absolute atomic E-state index is 12.9. The second-order valence-corrected chi connectivity index (χ2v) is 7.07. The molecule has 1 saturated heterocycles. The van der Waals surface area contributed by atoms with Gasteiger partial charge in [-0.3, -0.25) is 9.59 Å². The standard InChI is InChI=1S/C18H23NO5/c1-12(20)24-15(10-18(2,3)4)16(21)19-14(11-23-17(19)22)13-8-6-5-7-9-13/h5-9,14-15H,10-11H2,1-4H3/t14-,15?/m1/s1. The Morgan fingerprint density at radius 2 is 1.92 bits per heavy atom. The Balaban J connectivity index is 2.28. The van der Waals surface area contributed by atoms with Crippen LogP contribution < -0.4 is 0 Å². The van der Waals surface area contributed by atoms with Crippen LogP contribution in [0, 0.1) is 5.41 Å². The van der Waals surface area contributed by atoms with Crippen LogP contribution in [0.5, 0.6) is 0 Å². The van der Waals surface area contributed by atoms with E-state index in [1.165, 1.54) is 6.92 Å². The maximum atomic E-state index is 12.9. The second kappa shape index (κ2) is 7.03. The van der Waals surface area contributed by atoms with E-state index >= 15 is 0 Å². The van der Waals surface area contributed by atoms with Gasteiger partial charge < -0.3 is 9.47 Å². The van der Waals surface area contributed by atoms with E-state index in [0.717, 1.165) is 10.5 Å². The number of ether oxygens (including phenoxy) is 2. The lowest BCUT2D eigenvalue weighted by Crippen LogP contribution is -2.44. The normalized spacial score (nSPS) is 18.9. The topological polar surface area (TPSA) is 72.9 Å². The Bertz CT molecular complexity index is 620.